The van der Waals surface area contributed by atoms with Gasteiger partial charge in [-0.1, -0.05) is 17.8 Å². The number of pyridine rings is 1. The Hall–Kier alpha value is -2.97. The first kappa shape index (κ1) is 23.2. The summed E-state index contributed by atoms with van der Waals surface area (Å²) in [4.78, 5) is 26.4. The molecule has 4 rings (SSSR count). The van der Waals surface area contributed by atoms with Crippen molar-refractivity contribution in [3.8, 4) is 0 Å². The summed E-state index contributed by atoms with van der Waals surface area (Å²) < 4.78 is 0. The van der Waals surface area contributed by atoms with Gasteiger partial charge in [0.2, 0.25) is 5.95 Å². The van der Waals surface area contributed by atoms with Crippen molar-refractivity contribution >= 4 is 29.3 Å². The van der Waals surface area contributed by atoms with Crippen LogP contribution in [0, 0.1) is 13.8 Å². The lowest BCUT2D eigenvalue weighted by Gasteiger charge is -2.26. The molecule has 1 aliphatic rings. The number of nitrogens with one attached hydrogen (secondary N) is 2. The zero-order chi connectivity index (χ0) is 23.2. The van der Waals surface area contributed by atoms with Crippen molar-refractivity contribution < 1.29 is 9.90 Å². The van der Waals surface area contributed by atoms with E-state index < -0.39 is 0 Å². The van der Waals surface area contributed by atoms with E-state index in [2.05, 4.69) is 31.7 Å². The van der Waals surface area contributed by atoms with Crippen LogP contribution in [0.4, 0.5) is 11.6 Å². The Kier molecular flexibility index (Phi) is 7.57. The van der Waals surface area contributed by atoms with Crippen LogP contribution in [0.3, 0.4) is 0 Å². The normalized spacial score (nSPS) is 18.0. The van der Waals surface area contributed by atoms with E-state index in [1.807, 2.05) is 32.0 Å². The highest BCUT2D eigenvalue weighted by molar-refractivity contribution is 7.98. The number of rotatable bonds is 7. The molecule has 7 nitrogen and oxygen atoms in total. The summed E-state index contributed by atoms with van der Waals surface area (Å²) in [6, 6.07) is 11.7. The van der Waals surface area contributed by atoms with Gasteiger partial charge in [-0.05, 0) is 81.0 Å². The molecule has 33 heavy (non-hydrogen) atoms. The topological polar surface area (TPSA) is 100 Å². The van der Waals surface area contributed by atoms with Crippen LogP contribution in [0.5, 0.6) is 0 Å². The van der Waals surface area contributed by atoms with Crippen LogP contribution in [-0.4, -0.2) is 38.1 Å². The molecule has 0 saturated heterocycles. The van der Waals surface area contributed by atoms with Gasteiger partial charge in [0.05, 0.1) is 17.4 Å². The number of aliphatic hydroxyl groups excluding tert-OH is 1. The molecule has 8 heteroatoms. The molecule has 1 aliphatic carbocycles. The Morgan fingerprint density at radius 2 is 1.82 bits per heavy atom. The van der Waals surface area contributed by atoms with Crippen molar-refractivity contribution in [1.82, 2.24) is 15.0 Å². The minimum atomic E-state index is -0.189. The maximum absolute atomic E-state index is 12.9. The summed E-state index contributed by atoms with van der Waals surface area (Å²) >= 11 is 1.48. The van der Waals surface area contributed by atoms with Crippen molar-refractivity contribution in [2.45, 2.75) is 62.5 Å². The van der Waals surface area contributed by atoms with E-state index in [0.717, 1.165) is 48.2 Å². The Morgan fingerprint density at radius 3 is 2.58 bits per heavy atom. The zero-order valence-corrected chi connectivity index (χ0v) is 19.7. The average Bonchev–Trinajstić information content (AvgIpc) is 2.79. The lowest BCUT2D eigenvalue weighted by Crippen LogP contribution is -2.29. The second kappa shape index (κ2) is 10.8. The van der Waals surface area contributed by atoms with Crippen LogP contribution < -0.4 is 10.6 Å². The SMILES string of the molecule is Cc1cc(C)cc(NC(=O)c2cccnc2SCc2ccnc(NC3CCC(O)CC3)n2)c1. The minimum absolute atomic E-state index is 0.180. The summed E-state index contributed by atoms with van der Waals surface area (Å²) in [6.45, 7) is 4.02. The monoisotopic (exact) mass is 463 g/mol. The molecule has 3 aromatic rings. The van der Waals surface area contributed by atoms with Crippen molar-refractivity contribution in [3.05, 3.63) is 71.2 Å². The summed E-state index contributed by atoms with van der Waals surface area (Å²) in [6.07, 6.45) is 6.69. The number of carbonyl (C=O) groups excluding carboxylic acids is 1. The molecule has 1 amide bonds. The van der Waals surface area contributed by atoms with Crippen LogP contribution in [0.15, 0.2) is 53.8 Å². The van der Waals surface area contributed by atoms with E-state index in [-0.39, 0.29) is 18.1 Å². The number of anilines is 2. The molecule has 0 atom stereocenters. The third kappa shape index (κ3) is 6.52. The Labute approximate surface area is 198 Å². The van der Waals surface area contributed by atoms with E-state index in [0.29, 0.717) is 22.3 Å². The summed E-state index contributed by atoms with van der Waals surface area (Å²) in [5, 5.41) is 16.7. The van der Waals surface area contributed by atoms with Crippen molar-refractivity contribution in [1.29, 1.82) is 0 Å². The number of aliphatic hydroxyl groups is 1. The predicted octanol–water partition coefficient (Wildman–Crippen LogP) is 4.75. The average molecular weight is 464 g/mol. The van der Waals surface area contributed by atoms with Crippen molar-refractivity contribution in [2.75, 3.05) is 10.6 Å². The van der Waals surface area contributed by atoms with Gasteiger partial charge in [0.25, 0.3) is 5.91 Å². The number of aryl methyl sites for hydroxylation is 2. The van der Waals surface area contributed by atoms with Crippen LogP contribution >= 0.6 is 11.8 Å². The molecule has 0 radical (unpaired) electrons. The van der Waals surface area contributed by atoms with Crippen LogP contribution in [-0.2, 0) is 5.75 Å². The zero-order valence-electron chi connectivity index (χ0n) is 18.9. The highest BCUT2D eigenvalue weighted by Crippen LogP contribution is 2.26. The fourth-order valence-electron chi connectivity index (χ4n) is 4.01. The maximum atomic E-state index is 12.9. The van der Waals surface area contributed by atoms with Crippen molar-refractivity contribution in [2.24, 2.45) is 0 Å². The second-order valence-corrected chi connectivity index (χ2v) is 9.46. The molecule has 3 N–H and O–H groups in total. The Morgan fingerprint density at radius 1 is 1.06 bits per heavy atom. The van der Waals surface area contributed by atoms with Gasteiger partial charge in [-0.3, -0.25) is 4.79 Å². The highest BCUT2D eigenvalue weighted by Gasteiger charge is 2.20. The number of nitrogens with zero attached hydrogens (tertiary/aromatic N) is 3. The smallest absolute Gasteiger partial charge is 0.258 e. The number of carbonyl (C=O) groups is 1. The van der Waals surface area contributed by atoms with E-state index >= 15 is 0 Å². The molecule has 1 aromatic carbocycles. The molecule has 0 bridgehead atoms. The number of hydrogen-bond acceptors (Lipinski definition) is 7. The summed E-state index contributed by atoms with van der Waals surface area (Å²) in [5.74, 6) is 0.991. The van der Waals surface area contributed by atoms with E-state index in [1.165, 1.54) is 11.8 Å². The molecule has 2 heterocycles. The molecule has 172 valence electrons. The highest BCUT2D eigenvalue weighted by atomic mass is 32.2. The third-order valence-corrected chi connectivity index (χ3v) is 6.63. The summed E-state index contributed by atoms with van der Waals surface area (Å²) in [5.41, 5.74) is 4.38. The van der Waals surface area contributed by atoms with E-state index in [9.17, 15) is 9.90 Å². The minimum Gasteiger partial charge on any atom is -0.393 e. The fourth-order valence-corrected chi connectivity index (χ4v) is 4.91. The summed E-state index contributed by atoms with van der Waals surface area (Å²) in [7, 11) is 0. The number of hydrogen-bond donors (Lipinski definition) is 3. The number of aromatic nitrogens is 3. The van der Waals surface area contributed by atoms with Gasteiger partial charge in [-0.2, -0.15) is 0 Å². The Balaban J connectivity index is 1.40. The molecule has 2 aromatic heterocycles. The van der Waals surface area contributed by atoms with Crippen LogP contribution in [0.2, 0.25) is 0 Å². The van der Waals surface area contributed by atoms with Crippen LogP contribution in [0.1, 0.15) is 52.9 Å². The quantitative estimate of drug-likeness (QED) is 0.435. The first-order valence-corrected chi connectivity index (χ1v) is 12.2. The van der Waals surface area contributed by atoms with Gasteiger partial charge >= 0.3 is 0 Å². The molecule has 1 saturated carbocycles. The predicted molar refractivity (Wildman–Crippen MR) is 132 cm³/mol. The molecule has 0 unspecified atom stereocenters. The number of thioether (sulfide) groups is 1. The molecular formula is C25H29N5O2S. The molecule has 0 aliphatic heterocycles. The molecule has 1 fully saturated rings. The number of amides is 1. The lowest BCUT2D eigenvalue weighted by molar-refractivity contribution is 0.102. The first-order chi connectivity index (χ1) is 16.0. The van der Waals surface area contributed by atoms with Gasteiger partial charge in [0.15, 0.2) is 0 Å². The van der Waals surface area contributed by atoms with Gasteiger partial charge in [0.1, 0.15) is 5.03 Å². The molecular weight excluding hydrogens is 434 g/mol. The van der Waals surface area contributed by atoms with Gasteiger partial charge < -0.3 is 15.7 Å². The van der Waals surface area contributed by atoms with Gasteiger partial charge in [-0.25, -0.2) is 15.0 Å². The third-order valence-electron chi connectivity index (χ3n) is 5.60. The number of benzene rings is 1. The van der Waals surface area contributed by atoms with E-state index in [1.54, 1.807) is 24.5 Å². The van der Waals surface area contributed by atoms with E-state index in [4.69, 9.17) is 0 Å². The standard InChI is InChI=1S/C25H29N5O2S/c1-16-12-17(2)14-20(13-16)28-23(32)22-4-3-10-26-24(22)33-15-19-9-11-27-25(30-19)29-18-5-7-21(31)8-6-18/h3-4,9-14,18,21,31H,5-8,15H2,1-2H3,(H,28,32)(H,27,29,30). The molecule has 0 spiro atoms. The second-order valence-electron chi connectivity index (χ2n) is 8.50. The van der Waals surface area contributed by atoms with Gasteiger partial charge in [0, 0.05) is 29.9 Å². The van der Waals surface area contributed by atoms with Crippen LogP contribution in [0.25, 0.3) is 0 Å². The lowest BCUT2D eigenvalue weighted by atomic mass is 9.93. The largest absolute Gasteiger partial charge is 0.393 e. The Bertz CT molecular complexity index is 1100. The fraction of sp³-hybridized carbons (Fsp3) is 0.360. The van der Waals surface area contributed by atoms with Crippen molar-refractivity contribution in [3.63, 3.8) is 0 Å². The maximum Gasteiger partial charge on any atom is 0.258 e. The van der Waals surface area contributed by atoms with Gasteiger partial charge in [-0.15, -0.1) is 0 Å². The first-order valence-electron chi connectivity index (χ1n) is 11.2.